The average molecular weight is 532 g/mol. The number of nitrogen functional groups attached to an aromatic ring is 1. The Morgan fingerprint density at radius 3 is 2.41 bits per heavy atom. The van der Waals surface area contributed by atoms with Gasteiger partial charge in [0.25, 0.3) is 0 Å². The summed E-state index contributed by atoms with van der Waals surface area (Å²) in [5.74, 6) is 1.53. The second-order valence-electron chi connectivity index (χ2n) is 10.9. The molecule has 0 radical (unpaired) electrons. The van der Waals surface area contributed by atoms with Crippen molar-refractivity contribution in [2.75, 3.05) is 37.3 Å². The van der Waals surface area contributed by atoms with Gasteiger partial charge in [-0.2, -0.15) is 0 Å². The van der Waals surface area contributed by atoms with Crippen LogP contribution < -0.4 is 16.0 Å². The fourth-order valence-electron chi connectivity index (χ4n) is 4.51. The molecule has 1 aliphatic heterocycles. The van der Waals surface area contributed by atoms with E-state index in [1.165, 1.54) is 5.56 Å². The van der Waals surface area contributed by atoms with E-state index in [1.54, 1.807) is 32.7 Å². The lowest BCUT2D eigenvalue weighted by molar-refractivity contribution is -0.129. The standard InChI is InChI=1S/C29H37N7O3/c1-29(2,3)39-28(38)34-18-26(37)35(4)19-20-6-5-7-22(14-20)24-16-32-27(33-17-24)36-12-10-21(11-13-36)23-8-9-25(30)31-15-23/h5-9,14-17,21H,10-13,18-19H2,1-4H3,(H2,30,31)(H,34,38). The summed E-state index contributed by atoms with van der Waals surface area (Å²) in [5.41, 5.74) is 9.17. The molecule has 0 spiro atoms. The largest absolute Gasteiger partial charge is 0.444 e. The first-order chi connectivity index (χ1) is 18.6. The van der Waals surface area contributed by atoms with Crippen LogP contribution in [0.5, 0.6) is 0 Å². The highest BCUT2D eigenvalue weighted by Gasteiger charge is 2.22. The van der Waals surface area contributed by atoms with Crippen LogP contribution in [0.25, 0.3) is 11.1 Å². The first-order valence-corrected chi connectivity index (χ1v) is 13.2. The molecule has 3 heterocycles. The molecule has 2 aromatic heterocycles. The van der Waals surface area contributed by atoms with E-state index in [9.17, 15) is 9.59 Å². The van der Waals surface area contributed by atoms with Crippen LogP contribution in [0.3, 0.4) is 0 Å². The minimum Gasteiger partial charge on any atom is -0.444 e. The second kappa shape index (κ2) is 12.1. The van der Waals surface area contributed by atoms with E-state index in [4.69, 9.17) is 10.5 Å². The first kappa shape index (κ1) is 27.8. The van der Waals surface area contributed by atoms with E-state index < -0.39 is 11.7 Å². The Bertz CT molecular complexity index is 1270. The molecule has 3 aromatic rings. The van der Waals surface area contributed by atoms with Crippen molar-refractivity contribution in [3.63, 3.8) is 0 Å². The number of carbonyl (C=O) groups excluding carboxylic acids is 2. The number of anilines is 2. The molecule has 0 bridgehead atoms. The summed E-state index contributed by atoms with van der Waals surface area (Å²) in [6, 6.07) is 11.9. The number of nitrogens with zero attached hydrogens (tertiary/aromatic N) is 5. The molecule has 0 unspecified atom stereocenters. The molecule has 0 aliphatic carbocycles. The van der Waals surface area contributed by atoms with Gasteiger partial charge in [0.15, 0.2) is 0 Å². The van der Waals surface area contributed by atoms with Gasteiger partial charge >= 0.3 is 6.09 Å². The molecule has 2 amide bonds. The Balaban J connectivity index is 1.30. The van der Waals surface area contributed by atoms with Gasteiger partial charge in [-0.1, -0.05) is 24.3 Å². The van der Waals surface area contributed by atoms with Crippen LogP contribution in [0.15, 0.2) is 55.0 Å². The molecule has 0 saturated carbocycles. The van der Waals surface area contributed by atoms with Crippen LogP contribution in [0.4, 0.5) is 16.6 Å². The maximum atomic E-state index is 12.5. The van der Waals surface area contributed by atoms with Gasteiger partial charge in [-0.3, -0.25) is 4.79 Å². The number of nitrogens with two attached hydrogens (primary N) is 1. The predicted molar refractivity (Wildman–Crippen MR) is 151 cm³/mol. The smallest absolute Gasteiger partial charge is 0.408 e. The minimum absolute atomic E-state index is 0.130. The van der Waals surface area contributed by atoms with Crippen LogP contribution in [0.2, 0.25) is 0 Å². The molecule has 1 fully saturated rings. The normalized spacial score (nSPS) is 14.1. The summed E-state index contributed by atoms with van der Waals surface area (Å²) in [7, 11) is 1.70. The average Bonchev–Trinajstić information content (AvgIpc) is 2.91. The van der Waals surface area contributed by atoms with E-state index in [0.717, 1.165) is 48.6 Å². The van der Waals surface area contributed by atoms with Gasteiger partial charge in [-0.15, -0.1) is 0 Å². The Morgan fingerprint density at radius 1 is 1.05 bits per heavy atom. The van der Waals surface area contributed by atoms with Crippen molar-refractivity contribution in [2.24, 2.45) is 0 Å². The Morgan fingerprint density at radius 2 is 1.77 bits per heavy atom. The molecule has 10 nitrogen and oxygen atoms in total. The van der Waals surface area contributed by atoms with Crippen molar-refractivity contribution in [1.82, 2.24) is 25.2 Å². The van der Waals surface area contributed by atoms with E-state index >= 15 is 0 Å². The van der Waals surface area contributed by atoms with Crippen molar-refractivity contribution in [2.45, 2.75) is 51.7 Å². The summed E-state index contributed by atoms with van der Waals surface area (Å²) >= 11 is 0. The van der Waals surface area contributed by atoms with Gasteiger partial charge < -0.3 is 25.6 Å². The highest BCUT2D eigenvalue weighted by Crippen LogP contribution is 2.29. The summed E-state index contributed by atoms with van der Waals surface area (Å²) in [5, 5.41) is 2.51. The van der Waals surface area contributed by atoms with Crippen LogP contribution in [0.1, 0.15) is 50.7 Å². The molecule has 39 heavy (non-hydrogen) atoms. The lowest BCUT2D eigenvalue weighted by atomic mass is 9.90. The number of ether oxygens (including phenoxy) is 1. The van der Waals surface area contributed by atoms with Gasteiger partial charge in [0.1, 0.15) is 18.0 Å². The predicted octanol–water partition coefficient (Wildman–Crippen LogP) is 3.99. The summed E-state index contributed by atoms with van der Waals surface area (Å²) in [6.07, 6.45) is 6.98. The number of likely N-dealkylation sites (N-methyl/N-ethyl adjacent to an activating group) is 1. The highest BCUT2D eigenvalue weighted by atomic mass is 16.6. The molecule has 3 N–H and O–H groups in total. The zero-order valence-electron chi connectivity index (χ0n) is 23.1. The Kier molecular flexibility index (Phi) is 8.63. The third-order valence-electron chi connectivity index (χ3n) is 6.59. The van der Waals surface area contributed by atoms with Gasteiger partial charge in [0, 0.05) is 50.8 Å². The number of pyridine rings is 1. The van der Waals surface area contributed by atoms with Crippen LogP contribution in [-0.4, -0.2) is 64.1 Å². The third-order valence-corrected chi connectivity index (χ3v) is 6.59. The Labute approximate surface area is 229 Å². The fraction of sp³-hybridized carbons (Fsp3) is 0.414. The number of amides is 2. The zero-order chi connectivity index (χ0) is 28.0. The van der Waals surface area contributed by atoms with Crippen LogP contribution >= 0.6 is 0 Å². The number of piperidine rings is 1. The van der Waals surface area contributed by atoms with Gasteiger partial charge in [0.2, 0.25) is 11.9 Å². The molecular weight excluding hydrogens is 494 g/mol. The SMILES string of the molecule is CN(Cc1cccc(-c2cnc(N3CCC(c4ccc(N)nc4)CC3)nc2)c1)C(=O)CNC(=O)OC(C)(C)C. The highest BCUT2D eigenvalue weighted by molar-refractivity contribution is 5.82. The Hall–Kier alpha value is -4.21. The van der Waals surface area contributed by atoms with E-state index in [1.807, 2.05) is 48.9 Å². The fourth-order valence-corrected chi connectivity index (χ4v) is 4.51. The number of aromatic nitrogens is 3. The second-order valence-corrected chi connectivity index (χ2v) is 10.9. The summed E-state index contributed by atoms with van der Waals surface area (Å²) in [6.45, 7) is 7.36. The molecule has 206 valence electrons. The van der Waals surface area contributed by atoms with Gasteiger partial charge in [-0.25, -0.2) is 19.7 Å². The number of carbonyl (C=O) groups is 2. The monoisotopic (exact) mass is 531 g/mol. The topological polar surface area (TPSA) is 127 Å². The van der Waals surface area contributed by atoms with Crippen LogP contribution in [-0.2, 0) is 16.1 Å². The summed E-state index contributed by atoms with van der Waals surface area (Å²) < 4.78 is 5.18. The van der Waals surface area contributed by atoms with Crippen molar-refractivity contribution >= 4 is 23.8 Å². The first-order valence-electron chi connectivity index (χ1n) is 13.2. The number of alkyl carbamates (subject to hydrolysis) is 1. The third kappa shape index (κ3) is 7.89. The molecule has 1 aromatic carbocycles. The van der Waals surface area contributed by atoms with Crippen molar-refractivity contribution in [1.29, 1.82) is 0 Å². The molecule has 0 atom stereocenters. The number of hydrogen-bond donors (Lipinski definition) is 2. The van der Waals surface area contributed by atoms with Crippen molar-refractivity contribution in [3.8, 4) is 11.1 Å². The number of rotatable bonds is 7. The molecule has 10 heteroatoms. The lowest BCUT2D eigenvalue weighted by Gasteiger charge is -2.32. The number of nitrogens with one attached hydrogen (secondary N) is 1. The zero-order valence-corrected chi connectivity index (χ0v) is 23.1. The van der Waals surface area contributed by atoms with Crippen molar-refractivity contribution < 1.29 is 14.3 Å². The maximum Gasteiger partial charge on any atom is 0.408 e. The van der Waals surface area contributed by atoms with Gasteiger partial charge in [-0.05, 0) is 68.4 Å². The van der Waals surface area contributed by atoms with Crippen molar-refractivity contribution in [3.05, 3.63) is 66.1 Å². The van der Waals surface area contributed by atoms with E-state index in [-0.39, 0.29) is 12.5 Å². The van der Waals surface area contributed by atoms with Crippen LogP contribution in [0, 0.1) is 0 Å². The summed E-state index contributed by atoms with van der Waals surface area (Å²) in [4.78, 5) is 41.6. The molecule has 1 aliphatic rings. The number of hydrogen-bond acceptors (Lipinski definition) is 8. The van der Waals surface area contributed by atoms with E-state index in [2.05, 4.69) is 31.2 Å². The van der Waals surface area contributed by atoms with Gasteiger partial charge in [0.05, 0.1) is 0 Å². The quantitative estimate of drug-likeness (QED) is 0.469. The number of benzene rings is 1. The molecular formula is C29H37N7O3. The molecule has 4 rings (SSSR count). The lowest BCUT2D eigenvalue weighted by Crippen LogP contribution is -2.40. The minimum atomic E-state index is -0.617. The maximum absolute atomic E-state index is 12.5. The van der Waals surface area contributed by atoms with E-state index in [0.29, 0.717) is 18.3 Å². The molecule has 1 saturated heterocycles.